The lowest BCUT2D eigenvalue weighted by molar-refractivity contribution is 0.224. The van der Waals surface area contributed by atoms with Crippen LogP contribution >= 0.6 is 12.2 Å². The molecule has 0 fully saturated rings. The number of aromatic nitrogens is 2. The van der Waals surface area contributed by atoms with Crippen LogP contribution in [0.3, 0.4) is 0 Å². The minimum atomic E-state index is -0.0429. The van der Waals surface area contributed by atoms with Gasteiger partial charge in [-0.15, -0.1) is 5.10 Å². The average molecular weight is 143 g/mol. The third kappa shape index (κ3) is 1.69. The smallest absolute Gasteiger partial charge is 0.286 e. The van der Waals surface area contributed by atoms with Crippen molar-refractivity contribution in [3.63, 3.8) is 0 Å². The summed E-state index contributed by atoms with van der Waals surface area (Å²) in [6.45, 7) is 0. The highest BCUT2D eigenvalue weighted by atomic mass is 32.1. The quantitative estimate of drug-likeness (QED) is 0.541. The van der Waals surface area contributed by atoms with E-state index in [2.05, 4.69) is 22.2 Å². The van der Waals surface area contributed by atoms with Crippen molar-refractivity contribution in [2.24, 2.45) is 5.73 Å². The van der Waals surface area contributed by atoms with Gasteiger partial charge in [-0.2, -0.15) is 0 Å². The Morgan fingerprint density at radius 1 is 1.78 bits per heavy atom. The van der Waals surface area contributed by atoms with E-state index in [4.69, 9.17) is 5.73 Å². The first kappa shape index (κ1) is 6.03. The topological polar surface area (TPSA) is 53.1 Å². The monoisotopic (exact) mass is 143 g/mol. The molecule has 0 amide bonds. The zero-order chi connectivity index (χ0) is 6.69. The lowest BCUT2D eigenvalue weighted by Gasteiger charge is -1.97. The molecule has 4 nitrogen and oxygen atoms in total. The van der Waals surface area contributed by atoms with Crippen LogP contribution < -0.4 is 10.6 Å². The molecule has 0 atom stereocenters. The SMILES string of the molecule is NC(=S)On1cccn1. The van der Waals surface area contributed by atoms with Crippen molar-refractivity contribution in [2.45, 2.75) is 0 Å². The first-order valence-electron chi connectivity index (χ1n) is 2.26. The highest BCUT2D eigenvalue weighted by Gasteiger charge is 1.88. The molecule has 1 aromatic heterocycles. The predicted octanol–water partition coefficient (Wildman–Crippen LogP) is -0.445. The van der Waals surface area contributed by atoms with Crippen LogP contribution in [0, 0.1) is 0 Å². The Bertz CT molecular complexity index is 196. The van der Waals surface area contributed by atoms with Crippen LogP contribution in [-0.2, 0) is 0 Å². The Morgan fingerprint density at radius 3 is 3.00 bits per heavy atom. The molecular weight excluding hydrogens is 138 g/mol. The summed E-state index contributed by atoms with van der Waals surface area (Å²) in [5.74, 6) is 0. The maximum absolute atomic E-state index is 5.03. The molecule has 0 aliphatic carbocycles. The van der Waals surface area contributed by atoms with E-state index >= 15 is 0 Å². The second-order valence-electron chi connectivity index (χ2n) is 1.32. The number of hydrogen-bond donors (Lipinski definition) is 1. The molecule has 0 radical (unpaired) electrons. The van der Waals surface area contributed by atoms with Crippen LogP contribution in [0.1, 0.15) is 0 Å². The molecule has 0 unspecified atom stereocenters. The van der Waals surface area contributed by atoms with Crippen molar-refractivity contribution in [2.75, 3.05) is 0 Å². The highest BCUT2D eigenvalue weighted by Crippen LogP contribution is 1.77. The van der Waals surface area contributed by atoms with E-state index in [0.717, 1.165) is 0 Å². The van der Waals surface area contributed by atoms with Gasteiger partial charge >= 0.3 is 0 Å². The van der Waals surface area contributed by atoms with Gasteiger partial charge in [0.05, 0.1) is 12.4 Å². The molecule has 0 saturated carbocycles. The summed E-state index contributed by atoms with van der Waals surface area (Å²) in [7, 11) is 0. The van der Waals surface area contributed by atoms with Crippen molar-refractivity contribution in [3.05, 3.63) is 18.5 Å². The van der Waals surface area contributed by atoms with Crippen LogP contribution in [0.4, 0.5) is 0 Å². The van der Waals surface area contributed by atoms with Crippen molar-refractivity contribution in [1.82, 2.24) is 9.94 Å². The molecule has 9 heavy (non-hydrogen) atoms. The molecular formula is C4H5N3OS. The van der Waals surface area contributed by atoms with Gasteiger partial charge in [0.25, 0.3) is 5.17 Å². The first-order chi connectivity index (χ1) is 4.29. The number of thiocarbonyl (C=S) groups is 1. The van der Waals surface area contributed by atoms with Crippen molar-refractivity contribution < 1.29 is 4.84 Å². The summed E-state index contributed by atoms with van der Waals surface area (Å²) < 4.78 is 0. The summed E-state index contributed by atoms with van der Waals surface area (Å²) in [5, 5.41) is 3.64. The third-order valence-corrected chi connectivity index (χ3v) is 0.738. The number of nitrogens with two attached hydrogens (primary N) is 1. The van der Waals surface area contributed by atoms with Gasteiger partial charge in [0.1, 0.15) is 0 Å². The number of hydrogen-bond acceptors (Lipinski definition) is 3. The van der Waals surface area contributed by atoms with E-state index < -0.39 is 0 Å². The summed E-state index contributed by atoms with van der Waals surface area (Å²) in [6.07, 6.45) is 3.16. The highest BCUT2D eigenvalue weighted by molar-refractivity contribution is 7.80. The van der Waals surface area contributed by atoms with Crippen molar-refractivity contribution in [1.29, 1.82) is 0 Å². The molecule has 1 aromatic rings. The maximum atomic E-state index is 5.03. The molecule has 1 rings (SSSR count). The van der Waals surface area contributed by atoms with Gasteiger partial charge in [0.2, 0.25) is 0 Å². The second-order valence-corrected chi connectivity index (χ2v) is 1.72. The zero-order valence-electron chi connectivity index (χ0n) is 4.52. The van der Waals surface area contributed by atoms with Gasteiger partial charge in [-0.1, -0.05) is 4.85 Å². The van der Waals surface area contributed by atoms with Gasteiger partial charge < -0.3 is 10.6 Å². The van der Waals surface area contributed by atoms with E-state index in [0.29, 0.717) is 0 Å². The lowest BCUT2D eigenvalue weighted by Crippen LogP contribution is -2.25. The van der Waals surface area contributed by atoms with Crippen molar-refractivity contribution >= 4 is 17.4 Å². The second kappa shape index (κ2) is 2.45. The van der Waals surface area contributed by atoms with Crippen molar-refractivity contribution in [3.8, 4) is 0 Å². The van der Waals surface area contributed by atoms with Crippen LogP contribution in [0.15, 0.2) is 18.5 Å². The van der Waals surface area contributed by atoms with E-state index in [-0.39, 0.29) is 5.17 Å². The van der Waals surface area contributed by atoms with Gasteiger partial charge in [-0.05, 0) is 18.3 Å². The minimum Gasteiger partial charge on any atom is -0.358 e. The summed E-state index contributed by atoms with van der Waals surface area (Å²) in [4.78, 5) is 5.85. The molecule has 2 N–H and O–H groups in total. The van der Waals surface area contributed by atoms with Gasteiger partial charge in [0.15, 0.2) is 0 Å². The van der Waals surface area contributed by atoms with Crippen LogP contribution in [0.2, 0.25) is 0 Å². The lowest BCUT2D eigenvalue weighted by atomic mass is 10.8. The Labute approximate surface area is 57.2 Å². The average Bonchev–Trinajstić information content (AvgIpc) is 2.15. The summed E-state index contributed by atoms with van der Waals surface area (Å²) >= 11 is 4.44. The normalized spacial score (nSPS) is 8.89. The molecule has 0 aliphatic heterocycles. The molecule has 0 aliphatic rings. The number of nitrogens with zero attached hydrogens (tertiary/aromatic N) is 2. The molecule has 0 bridgehead atoms. The molecule has 48 valence electrons. The van der Waals surface area contributed by atoms with E-state index in [9.17, 15) is 0 Å². The fourth-order valence-electron chi connectivity index (χ4n) is 0.401. The summed E-state index contributed by atoms with van der Waals surface area (Å²) in [5.41, 5.74) is 5.03. The zero-order valence-corrected chi connectivity index (χ0v) is 5.34. The molecule has 5 heteroatoms. The minimum absolute atomic E-state index is 0.0429. The third-order valence-electron chi connectivity index (χ3n) is 0.664. The Balaban J connectivity index is 2.58. The Hall–Kier alpha value is -1.10. The summed E-state index contributed by atoms with van der Waals surface area (Å²) in [6, 6.07) is 1.71. The predicted molar refractivity (Wildman–Crippen MR) is 35.6 cm³/mol. The fourth-order valence-corrected chi connectivity index (χ4v) is 0.477. The standard InChI is InChI=1S/C4H5N3OS/c5-4(9)8-7-3-1-2-6-7/h1-3H,(H2,5,9). The van der Waals surface area contributed by atoms with E-state index in [1.807, 2.05) is 0 Å². The maximum Gasteiger partial charge on any atom is 0.286 e. The molecule has 0 aromatic carbocycles. The van der Waals surface area contributed by atoms with Gasteiger partial charge in [-0.25, -0.2) is 0 Å². The van der Waals surface area contributed by atoms with Crippen LogP contribution in [-0.4, -0.2) is 15.1 Å². The molecule has 0 spiro atoms. The van der Waals surface area contributed by atoms with E-state index in [1.54, 1.807) is 18.5 Å². The molecule has 1 heterocycles. The Kier molecular flexibility index (Phi) is 1.64. The van der Waals surface area contributed by atoms with Crippen LogP contribution in [0.25, 0.3) is 0 Å². The fraction of sp³-hybridized carbons (Fsp3) is 0. The van der Waals surface area contributed by atoms with E-state index in [1.165, 1.54) is 4.85 Å². The first-order valence-corrected chi connectivity index (χ1v) is 2.67. The largest absolute Gasteiger partial charge is 0.358 e. The molecule has 0 saturated heterocycles. The number of rotatable bonds is 1. The van der Waals surface area contributed by atoms with Gasteiger partial charge in [-0.3, -0.25) is 0 Å². The Morgan fingerprint density at radius 2 is 2.56 bits per heavy atom. The van der Waals surface area contributed by atoms with Crippen LogP contribution in [0.5, 0.6) is 0 Å². The van der Waals surface area contributed by atoms with Gasteiger partial charge in [0, 0.05) is 0 Å².